The molecule has 0 heterocycles. The van der Waals surface area contributed by atoms with Crippen molar-refractivity contribution in [2.75, 3.05) is 21.3 Å². The van der Waals surface area contributed by atoms with Gasteiger partial charge in [-0.1, -0.05) is 78.4 Å². The molecule has 0 aliphatic rings. The van der Waals surface area contributed by atoms with E-state index in [0.717, 1.165) is 22.3 Å². The predicted molar refractivity (Wildman–Crippen MR) is 194 cm³/mol. The van der Waals surface area contributed by atoms with Crippen molar-refractivity contribution in [3.05, 3.63) is 165 Å². The lowest BCUT2D eigenvalue weighted by Crippen LogP contribution is -2.06. The van der Waals surface area contributed by atoms with Gasteiger partial charge in [0.2, 0.25) is 0 Å². The summed E-state index contributed by atoms with van der Waals surface area (Å²) >= 11 is 0. The summed E-state index contributed by atoms with van der Waals surface area (Å²) in [5, 5.41) is 0. The Hall–Kier alpha value is -6.77. The number of hydrogen-bond acceptors (Lipinski definition) is 8. The minimum absolute atomic E-state index is 0.315. The summed E-state index contributed by atoms with van der Waals surface area (Å²) in [7, 11) is 4.01. The Kier molecular flexibility index (Phi) is 13.6. The highest BCUT2D eigenvalue weighted by molar-refractivity contribution is 5.93. The van der Waals surface area contributed by atoms with Crippen molar-refractivity contribution in [2.45, 2.75) is 20.1 Å². The zero-order valence-corrected chi connectivity index (χ0v) is 28.7. The lowest BCUT2D eigenvalue weighted by atomic mass is 10.0. The first kappa shape index (κ1) is 37.1. The molecule has 0 fully saturated rings. The Morgan fingerprint density at radius 1 is 0.529 bits per heavy atom. The van der Waals surface area contributed by atoms with E-state index in [1.165, 1.54) is 21.3 Å². The monoisotopic (exact) mass is 680 g/mol. The molecule has 0 saturated carbocycles. The van der Waals surface area contributed by atoms with E-state index in [2.05, 4.69) is 17.8 Å². The van der Waals surface area contributed by atoms with Gasteiger partial charge in [-0.3, -0.25) is 0 Å². The minimum Gasteiger partial charge on any atom is -0.488 e. The normalized spacial score (nSPS) is 9.78. The van der Waals surface area contributed by atoms with Gasteiger partial charge in [-0.25, -0.2) is 14.4 Å². The number of terminal acetylenes is 1. The number of carbonyl (C=O) groups is 3. The van der Waals surface area contributed by atoms with Crippen molar-refractivity contribution in [3.8, 4) is 35.7 Å². The first-order valence-electron chi connectivity index (χ1n) is 15.7. The van der Waals surface area contributed by atoms with Gasteiger partial charge < -0.3 is 23.7 Å². The molecule has 0 amide bonds. The number of benzene rings is 5. The second-order valence-electron chi connectivity index (χ2n) is 10.9. The molecule has 0 bridgehead atoms. The van der Waals surface area contributed by atoms with Gasteiger partial charge in [0.15, 0.2) is 0 Å². The molecule has 51 heavy (non-hydrogen) atoms. The molecule has 8 nitrogen and oxygen atoms in total. The number of ether oxygens (including phenoxy) is 5. The van der Waals surface area contributed by atoms with Crippen LogP contribution >= 0.6 is 0 Å². The van der Waals surface area contributed by atoms with Gasteiger partial charge in [0.05, 0.1) is 26.9 Å². The van der Waals surface area contributed by atoms with Crippen LogP contribution in [0.2, 0.25) is 0 Å². The molecule has 0 N–H and O–H groups in total. The maximum atomic E-state index is 12.1. The van der Waals surface area contributed by atoms with Crippen molar-refractivity contribution < 1.29 is 38.1 Å². The van der Waals surface area contributed by atoms with Crippen LogP contribution in [0.25, 0.3) is 0 Å². The molecule has 0 radical (unpaired) electrons. The number of hydrogen-bond donors (Lipinski definition) is 0. The van der Waals surface area contributed by atoms with E-state index in [1.807, 2.05) is 73.7 Å². The van der Waals surface area contributed by atoms with Crippen LogP contribution in [0.4, 0.5) is 0 Å². The Morgan fingerprint density at radius 2 is 0.922 bits per heavy atom. The average Bonchev–Trinajstić information content (AvgIpc) is 3.18. The lowest BCUT2D eigenvalue weighted by molar-refractivity contribution is 0.0586. The Morgan fingerprint density at radius 3 is 1.35 bits per heavy atom. The van der Waals surface area contributed by atoms with Crippen molar-refractivity contribution in [2.24, 2.45) is 0 Å². The molecule has 0 saturated heterocycles. The van der Waals surface area contributed by atoms with Crippen molar-refractivity contribution in [3.63, 3.8) is 0 Å². The maximum Gasteiger partial charge on any atom is 0.341 e. The van der Waals surface area contributed by atoms with Crippen molar-refractivity contribution >= 4 is 17.9 Å². The molecule has 5 aromatic rings. The van der Waals surface area contributed by atoms with Gasteiger partial charge in [0.1, 0.15) is 35.8 Å². The van der Waals surface area contributed by atoms with E-state index in [-0.39, 0.29) is 5.97 Å². The fraction of sp³-hybridized carbons (Fsp3) is 0.140. The second kappa shape index (κ2) is 18.7. The largest absolute Gasteiger partial charge is 0.488 e. The first-order valence-corrected chi connectivity index (χ1v) is 15.7. The molecule has 0 aliphatic carbocycles. The zero-order chi connectivity index (χ0) is 36.6. The minimum atomic E-state index is -0.475. The molecular weight excluding hydrogens is 644 g/mol. The maximum absolute atomic E-state index is 12.1. The fourth-order valence-electron chi connectivity index (χ4n) is 4.70. The Bertz CT molecular complexity index is 2080. The number of methoxy groups -OCH3 is 3. The van der Waals surface area contributed by atoms with Crippen LogP contribution in [0.5, 0.6) is 11.5 Å². The molecule has 0 spiro atoms. The van der Waals surface area contributed by atoms with Gasteiger partial charge in [0.25, 0.3) is 0 Å². The molecule has 5 rings (SSSR count). The third kappa shape index (κ3) is 10.6. The van der Waals surface area contributed by atoms with Crippen molar-refractivity contribution in [1.82, 2.24) is 0 Å². The Balaban J connectivity index is 0.000000251. The predicted octanol–water partition coefficient (Wildman–Crippen LogP) is 7.58. The molecule has 0 unspecified atom stereocenters. The smallest absolute Gasteiger partial charge is 0.341 e. The van der Waals surface area contributed by atoms with Gasteiger partial charge in [0, 0.05) is 16.7 Å². The summed E-state index contributed by atoms with van der Waals surface area (Å²) in [4.78, 5) is 35.5. The second-order valence-corrected chi connectivity index (χ2v) is 10.9. The molecule has 8 heteroatoms. The quantitative estimate of drug-likeness (QED) is 0.0893. The molecule has 0 aromatic heterocycles. The van der Waals surface area contributed by atoms with Gasteiger partial charge in [-0.2, -0.15) is 0 Å². The van der Waals surface area contributed by atoms with Crippen LogP contribution in [0.15, 0.2) is 115 Å². The highest BCUT2D eigenvalue weighted by atomic mass is 16.5. The first-order chi connectivity index (χ1) is 24.8. The summed E-state index contributed by atoms with van der Waals surface area (Å²) in [5.41, 5.74) is 6.08. The van der Waals surface area contributed by atoms with Gasteiger partial charge >= 0.3 is 17.9 Å². The number of carbonyl (C=O) groups excluding carboxylic acids is 3. The molecule has 5 aromatic carbocycles. The third-order valence-corrected chi connectivity index (χ3v) is 7.40. The molecule has 0 aliphatic heterocycles. The number of esters is 3. The highest BCUT2D eigenvalue weighted by Crippen LogP contribution is 2.24. The summed E-state index contributed by atoms with van der Waals surface area (Å²) in [6.45, 7) is 2.51. The zero-order valence-electron chi connectivity index (χ0n) is 28.7. The van der Waals surface area contributed by atoms with Crippen LogP contribution in [-0.4, -0.2) is 39.2 Å². The van der Waals surface area contributed by atoms with Crippen LogP contribution < -0.4 is 9.47 Å². The van der Waals surface area contributed by atoms with Crippen molar-refractivity contribution in [1.29, 1.82) is 0 Å². The topological polar surface area (TPSA) is 97.4 Å². The summed E-state index contributed by atoms with van der Waals surface area (Å²) in [6, 6.07) is 34.7. The van der Waals surface area contributed by atoms with E-state index in [0.29, 0.717) is 52.5 Å². The SMILES string of the molecule is C#Cc1ccc(C(=O)OC)c(OCc2ccccc2)c1.COC(=O)c1ccc(C#Cc2ccc(C(=O)OC)c(OCc3ccccc3)c2)cc1C. The van der Waals surface area contributed by atoms with E-state index < -0.39 is 11.9 Å². The number of aryl methyl sites for hydroxylation is 1. The average molecular weight is 681 g/mol. The fourth-order valence-corrected chi connectivity index (χ4v) is 4.70. The summed E-state index contributed by atoms with van der Waals surface area (Å²) < 4.78 is 25.9. The van der Waals surface area contributed by atoms with E-state index in [4.69, 9.17) is 30.1 Å². The van der Waals surface area contributed by atoms with Gasteiger partial charge in [-0.15, -0.1) is 6.42 Å². The van der Waals surface area contributed by atoms with Crippen LogP contribution in [0.3, 0.4) is 0 Å². The van der Waals surface area contributed by atoms with Crippen LogP contribution in [-0.2, 0) is 27.4 Å². The molecular formula is C43H36O8. The van der Waals surface area contributed by atoms with E-state index in [9.17, 15) is 14.4 Å². The summed E-state index contributed by atoms with van der Waals surface area (Å²) in [5.74, 6) is 8.20. The number of rotatable bonds is 9. The van der Waals surface area contributed by atoms with Gasteiger partial charge in [-0.05, 0) is 78.2 Å². The highest BCUT2D eigenvalue weighted by Gasteiger charge is 2.15. The summed E-state index contributed by atoms with van der Waals surface area (Å²) in [6.07, 6.45) is 5.36. The Labute approximate surface area is 297 Å². The van der Waals surface area contributed by atoms with E-state index >= 15 is 0 Å². The standard InChI is InChI=1S/C26H22O5.C17H14O3/c1-18-15-19(11-13-22(18)25(27)29-2)9-10-20-12-14-23(26(28)30-3)24(16-20)31-17-21-7-5-4-6-8-21;1-3-13-9-10-15(17(18)19-2)16(11-13)20-12-14-7-5-4-6-8-14/h4-8,11-16H,17H2,1-3H3;1,4-11H,12H2,2H3. The lowest BCUT2D eigenvalue weighted by Gasteiger charge is -2.11. The molecule has 256 valence electrons. The molecule has 0 atom stereocenters. The van der Waals surface area contributed by atoms with Crippen LogP contribution in [0, 0.1) is 31.1 Å². The third-order valence-electron chi connectivity index (χ3n) is 7.40. The van der Waals surface area contributed by atoms with E-state index in [1.54, 1.807) is 48.5 Å². The van der Waals surface area contributed by atoms with Crippen LogP contribution in [0.1, 0.15) is 64.5 Å².